The van der Waals surface area contributed by atoms with Crippen LogP contribution in [0.15, 0.2) is 0 Å². The molecule has 2 heterocycles. The molecular formula is C13H26N4O3S. The van der Waals surface area contributed by atoms with Crippen molar-refractivity contribution in [1.82, 2.24) is 14.7 Å². The van der Waals surface area contributed by atoms with Crippen molar-refractivity contribution in [3.63, 3.8) is 0 Å². The summed E-state index contributed by atoms with van der Waals surface area (Å²) in [6.45, 7) is 9.50. The molecule has 2 aliphatic rings. The molecule has 8 heteroatoms. The van der Waals surface area contributed by atoms with Gasteiger partial charge in [0.1, 0.15) is 0 Å². The number of rotatable bonds is 4. The molecule has 7 nitrogen and oxygen atoms in total. The molecule has 0 unspecified atom stereocenters. The Morgan fingerprint density at radius 2 is 1.81 bits per heavy atom. The van der Waals surface area contributed by atoms with E-state index in [0.717, 1.165) is 39.3 Å². The van der Waals surface area contributed by atoms with Gasteiger partial charge < -0.3 is 9.80 Å². The van der Waals surface area contributed by atoms with Crippen molar-refractivity contribution >= 4 is 15.9 Å². The molecule has 0 aromatic heterocycles. The predicted octanol–water partition coefficient (Wildman–Crippen LogP) is -1.24. The SMILES string of the molecule is CC(=O)N1CCN([C@@H]2CN(CCS(N)(=O)=O)C[C@H]2C)CC1. The van der Waals surface area contributed by atoms with Crippen LogP contribution in [0.2, 0.25) is 0 Å². The Kier molecular flexibility index (Phi) is 5.24. The molecule has 0 aromatic carbocycles. The second-order valence-electron chi connectivity index (χ2n) is 6.21. The zero-order valence-electron chi connectivity index (χ0n) is 12.9. The molecule has 2 rings (SSSR count). The number of hydrogen-bond donors (Lipinski definition) is 1. The lowest BCUT2D eigenvalue weighted by Crippen LogP contribution is -2.53. The molecule has 2 fully saturated rings. The van der Waals surface area contributed by atoms with Crippen LogP contribution in [0.25, 0.3) is 0 Å². The molecule has 2 saturated heterocycles. The van der Waals surface area contributed by atoms with Crippen molar-refractivity contribution in [1.29, 1.82) is 0 Å². The number of piperazine rings is 1. The van der Waals surface area contributed by atoms with Gasteiger partial charge in [-0.3, -0.25) is 9.69 Å². The van der Waals surface area contributed by atoms with Crippen LogP contribution in [0.1, 0.15) is 13.8 Å². The van der Waals surface area contributed by atoms with Crippen LogP contribution < -0.4 is 5.14 Å². The van der Waals surface area contributed by atoms with E-state index in [1.807, 2.05) is 4.90 Å². The number of likely N-dealkylation sites (tertiary alicyclic amines) is 1. The summed E-state index contributed by atoms with van der Waals surface area (Å²) in [6, 6.07) is 0.444. The number of carbonyl (C=O) groups excluding carboxylic acids is 1. The normalized spacial score (nSPS) is 29.0. The summed E-state index contributed by atoms with van der Waals surface area (Å²) in [5.74, 6) is 0.670. The fourth-order valence-corrected chi connectivity index (χ4v) is 3.84. The second kappa shape index (κ2) is 6.60. The van der Waals surface area contributed by atoms with Crippen LogP contribution in [-0.2, 0) is 14.8 Å². The molecule has 0 aliphatic carbocycles. The van der Waals surface area contributed by atoms with Gasteiger partial charge in [-0.2, -0.15) is 0 Å². The largest absolute Gasteiger partial charge is 0.340 e. The maximum Gasteiger partial charge on any atom is 0.219 e. The monoisotopic (exact) mass is 318 g/mol. The van der Waals surface area contributed by atoms with Gasteiger partial charge in [-0.15, -0.1) is 0 Å². The first-order chi connectivity index (χ1) is 9.76. The van der Waals surface area contributed by atoms with Crippen LogP contribution in [0.4, 0.5) is 0 Å². The van der Waals surface area contributed by atoms with Gasteiger partial charge in [-0.05, 0) is 5.92 Å². The van der Waals surface area contributed by atoms with Crippen molar-refractivity contribution in [2.24, 2.45) is 11.1 Å². The number of hydrogen-bond acceptors (Lipinski definition) is 5. The number of nitrogens with zero attached hydrogens (tertiary/aromatic N) is 3. The molecule has 0 bridgehead atoms. The van der Waals surface area contributed by atoms with E-state index in [4.69, 9.17) is 5.14 Å². The highest BCUT2D eigenvalue weighted by molar-refractivity contribution is 7.89. The van der Waals surface area contributed by atoms with Gasteiger partial charge in [0.2, 0.25) is 15.9 Å². The van der Waals surface area contributed by atoms with E-state index < -0.39 is 10.0 Å². The summed E-state index contributed by atoms with van der Waals surface area (Å²) < 4.78 is 22.1. The lowest BCUT2D eigenvalue weighted by molar-refractivity contribution is -0.130. The third-order valence-electron chi connectivity index (χ3n) is 4.57. The minimum atomic E-state index is -3.39. The van der Waals surface area contributed by atoms with E-state index >= 15 is 0 Å². The highest BCUT2D eigenvalue weighted by Gasteiger charge is 2.35. The minimum absolute atomic E-state index is 0.0184. The molecule has 0 radical (unpaired) electrons. The van der Waals surface area contributed by atoms with Gasteiger partial charge in [-0.25, -0.2) is 13.6 Å². The molecule has 122 valence electrons. The van der Waals surface area contributed by atoms with E-state index in [2.05, 4.69) is 16.7 Å². The molecule has 2 atom stereocenters. The van der Waals surface area contributed by atoms with Crippen molar-refractivity contribution in [3.8, 4) is 0 Å². The van der Waals surface area contributed by atoms with Crippen molar-refractivity contribution in [2.45, 2.75) is 19.9 Å². The second-order valence-corrected chi connectivity index (χ2v) is 7.95. The fraction of sp³-hybridized carbons (Fsp3) is 0.923. The lowest BCUT2D eigenvalue weighted by atomic mass is 10.0. The molecule has 2 aliphatic heterocycles. The Bertz CT molecular complexity index is 474. The number of primary sulfonamides is 1. The standard InChI is InChI=1S/C13H26N4O3S/c1-11-9-15(7-8-21(14,19)20)10-13(11)17-5-3-16(4-6-17)12(2)18/h11,13H,3-10H2,1-2H3,(H2,14,19,20)/t11-,13-/m1/s1. The van der Waals surface area contributed by atoms with Crippen molar-refractivity contribution in [2.75, 3.05) is 51.6 Å². The maximum absolute atomic E-state index is 11.4. The topological polar surface area (TPSA) is 86.9 Å². The van der Waals surface area contributed by atoms with Gasteiger partial charge in [0.05, 0.1) is 5.75 Å². The molecule has 2 N–H and O–H groups in total. The fourth-order valence-electron chi connectivity index (χ4n) is 3.33. The Balaban J connectivity index is 1.83. The lowest BCUT2D eigenvalue weighted by Gasteiger charge is -2.39. The van der Waals surface area contributed by atoms with Gasteiger partial charge in [0.25, 0.3) is 0 Å². The molecular weight excluding hydrogens is 292 g/mol. The smallest absolute Gasteiger partial charge is 0.219 e. The first-order valence-electron chi connectivity index (χ1n) is 7.48. The summed E-state index contributed by atoms with van der Waals surface area (Å²) in [5, 5.41) is 5.07. The van der Waals surface area contributed by atoms with Gasteiger partial charge in [-0.1, -0.05) is 6.92 Å². The number of nitrogens with two attached hydrogens (primary N) is 1. The summed E-state index contributed by atoms with van der Waals surface area (Å²) >= 11 is 0. The minimum Gasteiger partial charge on any atom is -0.340 e. The van der Waals surface area contributed by atoms with Crippen LogP contribution >= 0.6 is 0 Å². The number of carbonyl (C=O) groups is 1. The first-order valence-corrected chi connectivity index (χ1v) is 9.20. The summed E-state index contributed by atoms with van der Waals surface area (Å²) in [5.41, 5.74) is 0. The number of amides is 1. The molecule has 0 saturated carbocycles. The molecule has 21 heavy (non-hydrogen) atoms. The highest BCUT2D eigenvalue weighted by atomic mass is 32.2. The summed E-state index contributed by atoms with van der Waals surface area (Å²) in [7, 11) is -3.39. The van der Waals surface area contributed by atoms with Crippen LogP contribution in [0, 0.1) is 5.92 Å². The van der Waals surface area contributed by atoms with Crippen molar-refractivity contribution in [3.05, 3.63) is 0 Å². The molecule has 0 spiro atoms. The average molecular weight is 318 g/mol. The van der Waals surface area contributed by atoms with E-state index in [1.165, 1.54) is 0 Å². The highest BCUT2D eigenvalue weighted by Crippen LogP contribution is 2.22. The van der Waals surface area contributed by atoms with E-state index in [9.17, 15) is 13.2 Å². The predicted molar refractivity (Wildman–Crippen MR) is 81.2 cm³/mol. The van der Waals surface area contributed by atoms with Gasteiger partial charge >= 0.3 is 0 Å². The van der Waals surface area contributed by atoms with E-state index in [-0.39, 0.29) is 11.7 Å². The van der Waals surface area contributed by atoms with Gasteiger partial charge in [0, 0.05) is 58.8 Å². The first kappa shape index (κ1) is 16.7. The zero-order chi connectivity index (χ0) is 15.6. The Morgan fingerprint density at radius 1 is 1.19 bits per heavy atom. The van der Waals surface area contributed by atoms with E-state index in [0.29, 0.717) is 18.5 Å². The maximum atomic E-state index is 11.4. The van der Waals surface area contributed by atoms with Gasteiger partial charge in [0.15, 0.2) is 0 Å². The third-order valence-corrected chi connectivity index (χ3v) is 5.32. The van der Waals surface area contributed by atoms with Crippen molar-refractivity contribution < 1.29 is 13.2 Å². The van der Waals surface area contributed by atoms with E-state index in [1.54, 1.807) is 6.92 Å². The molecule has 0 aromatic rings. The Morgan fingerprint density at radius 3 is 2.33 bits per heavy atom. The summed E-state index contributed by atoms with van der Waals surface area (Å²) in [6.07, 6.45) is 0. The number of sulfonamides is 1. The average Bonchev–Trinajstić information content (AvgIpc) is 2.77. The van der Waals surface area contributed by atoms with Crippen LogP contribution in [0.3, 0.4) is 0 Å². The third kappa shape index (κ3) is 4.64. The van der Waals surface area contributed by atoms with Crippen LogP contribution in [0.5, 0.6) is 0 Å². The Hall–Kier alpha value is -0.700. The quantitative estimate of drug-likeness (QED) is 0.700. The zero-order valence-corrected chi connectivity index (χ0v) is 13.7. The summed E-state index contributed by atoms with van der Waals surface area (Å²) in [4.78, 5) is 17.8. The van der Waals surface area contributed by atoms with Crippen LogP contribution in [-0.4, -0.2) is 86.6 Å². The molecule has 1 amide bonds. The Labute approximate surface area is 127 Å².